The Bertz CT molecular complexity index is 619. The van der Waals surface area contributed by atoms with E-state index in [9.17, 15) is 4.79 Å². The fourth-order valence-corrected chi connectivity index (χ4v) is 3.61. The number of carbonyl (C=O) groups excluding carboxylic acids is 1. The molecule has 1 fully saturated rings. The molecule has 0 unspecified atom stereocenters. The number of carbonyl (C=O) groups is 1. The highest BCUT2D eigenvalue weighted by molar-refractivity contribution is 5.72. The standard InChI is InChI=1S/C20H24N2O/c21-20(23)22(15-16-7-3-1-4-8-16)19-13-11-18(12-14-19)17-9-5-2-6-10-17/h1-10,18-19H,11-15H2,(H2,21,23). The quantitative estimate of drug-likeness (QED) is 0.899. The third kappa shape index (κ3) is 3.92. The van der Waals surface area contributed by atoms with Gasteiger partial charge in [-0.3, -0.25) is 0 Å². The van der Waals surface area contributed by atoms with E-state index in [1.165, 1.54) is 5.56 Å². The molecule has 0 aliphatic heterocycles. The molecule has 0 heterocycles. The van der Waals surface area contributed by atoms with Crippen molar-refractivity contribution < 1.29 is 4.79 Å². The van der Waals surface area contributed by atoms with E-state index in [2.05, 4.69) is 30.3 Å². The predicted molar refractivity (Wildman–Crippen MR) is 93.0 cm³/mol. The van der Waals surface area contributed by atoms with Crippen molar-refractivity contribution >= 4 is 6.03 Å². The molecule has 1 aliphatic carbocycles. The van der Waals surface area contributed by atoms with Crippen molar-refractivity contribution in [1.29, 1.82) is 0 Å². The van der Waals surface area contributed by atoms with Crippen molar-refractivity contribution in [2.75, 3.05) is 0 Å². The van der Waals surface area contributed by atoms with E-state index in [1.807, 2.05) is 35.2 Å². The minimum Gasteiger partial charge on any atom is -0.351 e. The molecule has 2 amide bonds. The number of nitrogens with zero attached hydrogens (tertiary/aromatic N) is 1. The number of hydrogen-bond donors (Lipinski definition) is 1. The van der Waals surface area contributed by atoms with E-state index >= 15 is 0 Å². The smallest absolute Gasteiger partial charge is 0.315 e. The van der Waals surface area contributed by atoms with Crippen molar-refractivity contribution in [2.24, 2.45) is 5.73 Å². The van der Waals surface area contributed by atoms with E-state index in [0.717, 1.165) is 31.2 Å². The summed E-state index contributed by atoms with van der Waals surface area (Å²) in [5.41, 5.74) is 8.20. The first-order valence-corrected chi connectivity index (χ1v) is 8.39. The highest BCUT2D eigenvalue weighted by atomic mass is 16.2. The van der Waals surface area contributed by atoms with Gasteiger partial charge in [-0.25, -0.2) is 4.79 Å². The second-order valence-corrected chi connectivity index (χ2v) is 6.37. The second kappa shape index (κ2) is 7.32. The Morgan fingerprint density at radius 1 is 0.913 bits per heavy atom. The van der Waals surface area contributed by atoms with Gasteiger partial charge in [-0.1, -0.05) is 60.7 Å². The van der Waals surface area contributed by atoms with E-state index < -0.39 is 0 Å². The van der Waals surface area contributed by atoms with Crippen LogP contribution >= 0.6 is 0 Å². The van der Waals surface area contributed by atoms with Crippen LogP contribution in [0.25, 0.3) is 0 Å². The molecule has 1 saturated carbocycles. The first kappa shape index (κ1) is 15.6. The van der Waals surface area contributed by atoms with Crippen LogP contribution in [0.15, 0.2) is 60.7 Å². The van der Waals surface area contributed by atoms with Crippen molar-refractivity contribution in [3.8, 4) is 0 Å². The summed E-state index contributed by atoms with van der Waals surface area (Å²) in [7, 11) is 0. The van der Waals surface area contributed by atoms with Gasteiger partial charge in [0.15, 0.2) is 0 Å². The van der Waals surface area contributed by atoms with Gasteiger partial charge in [0.1, 0.15) is 0 Å². The van der Waals surface area contributed by atoms with Gasteiger partial charge in [-0.15, -0.1) is 0 Å². The van der Waals surface area contributed by atoms with E-state index in [-0.39, 0.29) is 12.1 Å². The highest BCUT2D eigenvalue weighted by Gasteiger charge is 2.28. The van der Waals surface area contributed by atoms with Crippen LogP contribution in [0.2, 0.25) is 0 Å². The molecule has 0 radical (unpaired) electrons. The lowest BCUT2D eigenvalue weighted by Crippen LogP contribution is -2.44. The maximum absolute atomic E-state index is 11.9. The molecule has 3 rings (SSSR count). The Hall–Kier alpha value is -2.29. The van der Waals surface area contributed by atoms with E-state index in [4.69, 9.17) is 5.73 Å². The monoisotopic (exact) mass is 308 g/mol. The van der Waals surface area contributed by atoms with Crippen LogP contribution in [-0.2, 0) is 6.54 Å². The predicted octanol–water partition coefficient (Wildman–Crippen LogP) is 4.29. The number of primary amides is 1. The zero-order chi connectivity index (χ0) is 16.1. The van der Waals surface area contributed by atoms with Gasteiger partial charge in [-0.05, 0) is 42.7 Å². The van der Waals surface area contributed by atoms with Gasteiger partial charge in [0.25, 0.3) is 0 Å². The van der Waals surface area contributed by atoms with Crippen LogP contribution in [0.1, 0.15) is 42.7 Å². The molecule has 0 spiro atoms. The molecule has 0 aromatic heterocycles. The van der Waals surface area contributed by atoms with Crippen molar-refractivity contribution in [3.05, 3.63) is 71.8 Å². The first-order chi connectivity index (χ1) is 11.2. The van der Waals surface area contributed by atoms with Crippen LogP contribution < -0.4 is 5.73 Å². The van der Waals surface area contributed by atoms with E-state index in [0.29, 0.717) is 12.5 Å². The molecule has 0 saturated heterocycles. The number of nitrogens with two attached hydrogens (primary N) is 1. The molecule has 2 aromatic carbocycles. The van der Waals surface area contributed by atoms with Crippen LogP contribution in [0.5, 0.6) is 0 Å². The lowest BCUT2D eigenvalue weighted by atomic mass is 9.81. The number of benzene rings is 2. The Morgan fingerprint density at radius 2 is 1.48 bits per heavy atom. The summed E-state index contributed by atoms with van der Waals surface area (Å²) in [4.78, 5) is 13.7. The van der Waals surface area contributed by atoms with Crippen LogP contribution in [0.4, 0.5) is 4.79 Å². The van der Waals surface area contributed by atoms with Crippen molar-refractivity contribution in [1.82, 2.24) is 4.90 Å². The average Bonchev–Trinajstić information content (AvgIpc) is 2.61. The maximum Gasteiger partial charge on any atom is 0.315 e. The minimum absolute atomic E-state index is 0.257. The largest absolute Gasteiger partial charge is 0.351 e. The molecule has 23 heavy (non-hydrogen) atoms. The topological polar surface area (TPSA) is 46.3 Å². The molecule has 0 bridgehead atoms. The zero-order valence-electron chi connectivity index (χ0n) is 13.4. The molecule has 1 aliphatic rings. The summed E-state index contributed by atoms with van der Waals surface area (Å²) >= 11 is 0. The van der Waals surface area contributed by atoms with Gasteiger partial charge in [0, 0.05) is 12.6 Å². The molecule has 3 nitrogen and oxygen atoms in total. The van der Waals surface area contributed by atoms with Crippen LogP contribution in [-0.4, -0.2) is 17.0 Å². The highest BCUT2D eigenvalue weighted by Crippen LogP contribution is 2.35. The van der Waals surface area contributed by atoms with Crippen LogP contribution in [0.3, 0.4) is 0 Å². The SMILES string of the molecule is NC(=O)N(Cc1ccccc1)C1CCC(c2ccccc2)CC1. The molecular formula is C20H24N2O. The van der Waals surface area contributed by atoms with Gasteiger partial charge < -0.3 is 10.6 Å². The third-order valence-electron chi connectivity index (χ3n) is 4.89. The summed E-state index contributed by atoms with van der Waals surface area (Å²) in [5.74, 6) is 0.610. The number of hydrogen-bond acceptors (Lipinski definition) is 1. The van der Waals surface area contributed by atoms with Gasteiger partial charge in [0.05, 0.1) is 0 Å². The summed E-state index contributed by atoms with van der Waals surface area (Å²) in [5, 5.41) is 0. The normalized spacial score (nSPS) is 20.9. The average molecular weight is 308 g/mol. The number of rotatable bonds is 4. The molecular weight excluding hydrogens is 284 g/mol. The summed E-state index contributed by atoms with van der Waals surface area (Å²) in [6.45, 7) is 0.608. The fraction of sp³-hybridized carbons (Fsp3) is 0.350. The Labute approximate surface area is 138 Å². The van der Waals surface area contributed by atoms with E-state index in [1.54, 1.807) is 0 Å². The van der Waals surface area contributed by atoms with Gasteiger partial charge in [-0.2, -0.15) is 0 Å². The second-order valence-electron chi connectivity index (χ2n) is 6.37. The first-order valence-electron chi connectivity index (χ1n) is 8.39. The summed E-state index contributed by atoms with van der Waals surface area (Å²) in [6, 6.07) is 20.7. The lowest BCUT2D eigenvalue weighted by molar-refractivity contribution is 0.154. The molecule has 3 heteroatoms. The molecule has 120 valence electrons. The van der Waals surface area contributed by atoms with Gasteiger partial charge in [0.2, 0.25) is 0 Å². The molecule has 2 N–H and O–H groups in total. The maximum atomic E-state index is 11.9. The van der Waals surface area contributed by atoms with Crippen molar-refractivity contribution in [3.63, 3.8) is 0 Å². The minimum atomic E-state index is -0.308. The summed E-state index contributed by atoms with van der Waals surface area (Å²) in [6.07, 6.45) is 4.28. The third-order valence-corrected chi connectivity index (χ3v) is 4.89. The molecule has 0 atom stereocenters. The van der Waals surface area contributed by atoms with Crippen LogP contribution in [0, 0.1) is 0 Å². The number of urea groups is 1. The Kier molecular flexibility index (Phi) is 4.96. The van der Waals surface area contributed by atoms with Gasteiger partial charge >= 0.3 is 6.03 Å². The van der Waals surface area contributed by atoms with Crippen molar-refractivity contribution in [2.45, 2.75) is 44.2 Å². The Morgan fingerprint density at radius 3 is 2.04 bits per heavy atom. The zero-order valence-corrected chi connectivity index (χ0v) is 13.4. The lowest BCUT2D eigenvalue weighted by Gasteiger charge is -2.36. The molecule has 2 aromatic rings. The number of amides is 2. The fourth-order valence-electron chi connectivity index (χ4n) is 3.61. The summed E-state index contributed by atoms with van der Waals surface area (Å²) < 4.78 is 0. The Balaban J connectivity index is 1.63.